The minimum atomic E-state index is -1.11. The van der Waals surface area contributed by atoms with Gasteiger partial charge in [0.25, 0.3) is 5.91 Å². The van der Waals surface area contributed by atoms with Crippen LogP contribution in [0.15, 0.2) is 23.0 Å². The van der Waals surface area contributed by atoms with E-state index < -0.39 is 40.6 Å². The number of ketones is 2. The second-order valence-electron chi connectivity index (χ2n) is 9.32. The van der Waals surface area contributed by atoms with E-state index in [0.717, 1.165) is 5.69 Å². The van der Waals surface area contributed by atoms with Crippen LogP contribution in [0.2, 0.25) is 0 Å². The van der Waals surface area contributed by atoms with E-state index in [0.29, 0.717) is 30.5 Å². The van der Waals surface area contributed by atoms with Gasteiger partial charge in [0.05, 0.1) is 11.5 Å². The molecule has 176 valence electrons. The van der Waals surface area contributed by atoms with E-state index in [4.69, 9.17) is 5.73 Å². The van der Waals surface area contributed by atoms with E-state index >= 15 is 0 Å². The van der Waals surface area contributed by atoms with E-state index in [1.165, 1.54) is 0 Å². The molecule has 1 fully saturated rings. The van der Waals surface area contributed by atoms with Gasteiger partial charge in [-0.05, 0) is 36.3 Å². The van der Waals surface area contributed by atoms with Crippen LogP contribution in [-0.4, -0.2) is 45.9 Å². The zero-order chi connectivity index (χ0) is 24.2. The van der Waals surface area contributed by atoms with E-state index in [-0.39, 0.29) is 41.0 Å². The van der Waals surface area contributed by atoms with Crippen LogP contribution in [0.25, 0.3) is 5.76 Å². The first-order valence-corrected chi connectivity index (χ1v) is 11.1. The van der Waals surface area contributed by atoms with Gasteiger partial charge in [-0.2, -0.15) is 0 Å². The zero-order valence-electron chi connectivity index (χ0n) is 18.9. The van der Waals surface area contributed by atoms with Crippen molar-refractivity contribution in [3.05, 3.63) is 39.7 Å². The van der Waals surface area contributed by atoms with Gasteiger partial charge in [0, 0.05) is 42.9 Å². The summed E-state index contributed by atoms with van der Waals surface area (Å²) >= 11 is 0. The molecule has 3 atom stereocenters. The molecule has 0 aromatic heterocycles. The molecule has 33 heavy (non-hydrogen) atoms. The van der Waals surface area contributed by atoms with Crippen molar-refractivity contribution < 1.29 is 29.7 Å². The molecule has 7 N–H and O–H groups in total. The van der Waals surface area contributed by atoms with Gasteiger partial charge in [0.15, 0.2) is 11.6 Å². The summed E-state index contributed by atoms with van der Waals surface area (Å²) in [6, 6.07) is 2.00. The monoisotopic (exact) mass is 455 g/mol. The van der Waals surface area contributed by atoms with Gasteiger partial charge in [-0.1, -0.05) is 13.8 Å². The number of phenols is 1. The van der Waals surface area contributed by atoms with Crippen molar-refractivity contribution in [1.82, 2.24) is 5.32 Å². The molecule has 0 spiro atoms. The Hall–Kier alpha value is -3.33. The number of fused-ring (bicyclic) bond motifs is 3. The number of aliphatic hydroxyl groups is 2. The molecule has 9 nitrogen and oxygen atoms in total. The number of anilines is 1. The predicted molar refractivity (Wildman–Crippen MR) is 121 cm³/mol. The topological polar surface area (TPSA) is 162 Å². The fraction of sp³-hybridized carbons (Fsp3) is 0.458. The van der Waals surface area contributed by atoms with Gasteiger partial charge in [-0.15, -0.1) is 0 Å². The largest absolute Gasteiger partial charge is 0.511 e. The van der Waals surface area contributed by atoms with E-state index in [2.05, 4.69) is 10.6 Å². The van der Waals surface area contributed by atoms with Crippen LogP contribution < -0.4 is 16.4 Å². The summed E-state index contributed by atoms with van der Waals surface area (Å²) in [7, 11) is 1.75. The van der Waals surface area contributed by atoms with Crippen LogP contribution in [0.4, 0.5) is 5.69 Å². The molecular weight excluding hydrogens is 426 g/mol. The summed E-state index contributed by atoms with van der Waals surface area (Å²) in [6.45, 7) is 4.32. The Balaban J connectivity index is 1.85. The first-order chi connectivity index (χ1) is 15.6. The third kappa shape index (κ3) is 3.56. The summed E-state index contributed by atoms with van der Waals surface area (Å²) in [6.07, 6.45) is 0.685. The van der Waals surface area contributed by atoms with Crippen LogP contribution in [0.5, 0.6) is 5.75 Å². The standard InChI is InChI=1S/C24H29N3O6/c1-9(2)27-8-12-6-14(26-3)13-5-10-4-11-7-15(28)19(24(25)33)23(32)17(11)21(30)16(10)22(31)18(13)20(12)29/h6,9-11,17,26-27,29,31-32H,4-5,7-8H2,1-3H3,(H2,25,33). The number of phenolic OH excluding ortho intramolecular Hbond substituents is 1. The molecule has 1 saturated carbocycles. The molecule has 0 bridgehead atoms. The zero-order valence-corrected chi connectivity index (χ0v) is 18.9. The number of aromatic hydroxyl groups is 1. The number of allylic oxidation sites excluding steroid dienone is 2. The van der Waals surface area contributed by atoms with Gasteiger partial charge in [-0.25, -0.2) is 0 Å². The normalized spacial score (nSPS) is 24.5. The fourth-order valence-corrected chi connectivity index (χ4v) is 5.44. The van der Waals surface area contributed by atoms with Gasteiger partial charge in [0.1, 0.15) is 22.8 Å². The predicted octanol–water partition coefficient (Wildman–Crippen LogP) is 1.85. The van der Waals surface area contributed by atoms with E-state index in [1.54, 1.807) is 7.05 Å². The van der Waals surface area contributed by atoms with Crippen molar-refractivity contribution in [1.29, 1.82) is 0 Å². The number of primary amides is 1. The number of Topliss-reactive ketones (excluding diaryl/α,β-unsaturated/α-hetero) is 2. The highest BCUT2D eigenvalue weighted by Gasteiger charge is 2.51. The highest BCUT2D eigenvalue weighted by Crippen LogP contribution is 2.51. The Labute approximate surface area is 191 Å². The number of nitrogens with one attached hydrogen (secondary N) is 2. The number of benzene rings is 1. The van der Waals surface area contributed by atoms with Gasteiger partial charge in [0.2, 0.25) is 0 Å². The fourth-order valence-electron chi connectivity index (χ4n) is 5.44. The molecule has 3 aliphatic carbocycles. The van der Waals surface area contributed by atoms with Crippen LogP contribution in [0, 0.1) is 17.8 Å². The average Bonchev–Trinajstić information content (AvgIpc) is 2.72. The number of hydrogen-bond acceptors (Lipinski definition) is 8. The van der Waals surface area contributed by atoms with Crippen LogP contribution in [0.3, 0.4) is 0 Å². The van der Waals surface area contributed by atoms with Gasteiger partial charge < -0.3 is 31.7 Å². The lowest BCUT2D eigenvalue weighted by Gasteiger charge is -2.41. The number of carbonyl (C=O) groups excluding carboxylic acids is 3. The summed E-state index contributed by atoms with van der Waals surface area (Å²) < 4.78 is 0. The minimum absolute atomic E-state index is 0.0694. The number of nitrogens with two attached hydrogens (primary N) is 1. The minimum Gasteiger partial charge on any atom is -0.511 e. The third-order valence-electron chi connectivity index (χ3n) is 6.94. The summed E-state index contributed by atoms with van der Waals surface area (Å²) in [5, 5.41) is 39.2. The Bertz CT molecular complexity index is 1130. The lowest BCUT2D eigenvalue weighted by Crippen LogP contribution is -2.44. The Morgan fingerprint density at radius 2 is 1.91 bits per heavy atom. The number of carbonyl (C=O) groups is 3. The van der Waals surface area contributed by atoms with Gasteiger partial charge >= 0.3 is 0 Å². The second-order valence-corrected chi connectivity index (χ2v) is 9.32. The van der Waals surface area contributed by atoms with E-state index in [1.807, 2.05) is 19.9 Å². The third-order valence-corrected chi connectivity index (χ3v) is 6.94. The maximum atomic E-state index is 13.5. The van der Waals surface area contributed by atoms with Crippen LogP contribution >= 0.6 is 0 Å². The van der Waals surface area contributed by atoms with Crippen molar-refractivity contribution in [2.75, 3.05) is 12.4 Å². The summed E-state index contributed by atoms with van der Waals surface area (Å²) in [5.74, 6) is -5.22. The molecule has 1 aromatic rings. The van der Waals surface area contributed by atoms with Gasteiger partial charge in [-0.3, -0.25) is 14.4 Å². The first-order valence-electron chi connectivity index (χ1n) is 11.1. The molecule has 0 aliphatic heterocycles. The van der Waals surface area contributed by atoms with Crippen LogP contribution in [-0.2, 0) is 27.3 Å². The average molecular weight is 456 g/mol. The maximum Gasteiger partial charge on any atom is 0.255 e. The Morgan fingerprint density at radius 3 is 2.52 bits per heavy atom. The summed E-state index contributed by atoms with van der Waals surface area (Å²) in [5.41, 5.74) is 7.03. The number of amides is 1. The molecule has 0 saturated heterocycles. The van der Waals surface area contributed by atoms with Crippen LogP contribution in [0.1, 0.15) is 43.4 Å². The molecule has 3 unspecified atom stereocenters. The summed E-state index contributed by atoms with van der Waals surface area (Å²) in [4.78, 5) is 37.6. The van der Waals surface area contributed by atoms with Crippen molar-refractivity contribution in [3.63, 3.8) is 0 Å². The number of rotatable bonds is 5. The molecule has 4 rings (SSSR count). The highest BCUT2D eigenvalue weighted by molar-refractivity contribution is 6.21. The molecule has 3 aliphatic rings. The van der Waals surface area contributed by atoms with Crippen molar-refractivity contribution in [3.8, 4) is 5.75 Å². The number of hydrogen-bond donors (Lipinski definition) is 6. The molecule has 1 aromatic carbocycles. The smallest absolute Gasteiger partial charge is 0.255 e. The van der Waals surface area contributed by atoms with Crippen molar-refractivity contribution in [2.45, 2.75) is 45.7 Å². The van der Waals surface area contributed by atoms with Crippen molar-refractivity contribution in [2.24, 2.45) is 23.5 Å². The number of aliphatic hydroxyl groups excluding tert-OH is 2. The van der Waals surface area contributed by atoms with E-state index in [9.17, 15) is 29.7 Å². The Kier molecular flexibility index (Phi) is 5.69. The molecular formula is C24H29N3O6. The molecule has 0 radical (unpaired) electrons. The maximum absolute atomic E-state index is 13.5. The molecule has 9 heteroatoms. The quantitative estimate of drug-likeness (QED) is 0.289. The molecule has 1 amide bonds. The Morgan fingerprint density at radius 1 is 1.21 bits per heavy atom. The first kappa shape index (κ1) is 22.8. The molecule has 0 heterocycles. The lowest BCUT2D eigenvalue weighted by molar-refractivity contribution is -0.127. The lowest BCUT2D eigenvalue weighted by atomic mass is 9.61. The highest BCUT2D eigenvalue weighted by atomic mass is 16.3. The SMILES string of the molecule is CNc1cc(CNC(C)C)c(O)c2c1CC1CC3CC(=O)C(C(N)=O)=C(O)C3C(=O)C1=C2O. The second kappa shape index (κ2) is 8.22. The van der Waals surface area contributed by atoms with Crippen molar-refractivity contribution >= 4 is 28.9 Å².